The number of carbonyl (C=O) groups excluding carboxylic acids is 1. The number of pyridine rings is 1. The summed E-state index contributed by atoms with van der Waals surface area (Å²) in [5.74, 6) is 0. The molecule has 110 valence electrons. The standard InChI is InChI=1S/C17H21N3O/c1-3-17(2,15-9-5-4-6-10-15)20-16(21)19-13-14-8-7-11-18-12-14/h4-12H,3,13H2,1-2H3,(H2,19,20,21). The van der Waals surface area contributed by atoms with Gasteiger partial charge in [-0.25, -0.2) is 4.79 Å². The molecule has 2 N–H and O–H groups in total. The number of carbonyl (C=O) groups is 1. The zero-order valence-electron chi connectivity index (χ0n) is 12.5. The Morgan fingerprint density at radius 1 is 1.19 bits per heavy atom. The Hall–Kier alpha value is -2.36. The summed E-state index contributed by atoms with van der Waals surface area (Å²) in [5.41, 5.74) is 1.70. The first-order valence-corrected chi connectivity index (χ1v) is 7.14. The Morgan fingerprint density at radius 2 is 1.95 bits per heavy atom. The van der Waals surface area contributed by atoms with Crippen LogP contribution in [0.1, 0.15) is 31.4 Å². The van der Waals surface area contributed by atoms with Gasteiger partial charge < -0.3 is 10.6 Å². The lowest BCUT2D eigenvalue weighted by Crippen LogP contribution is -2.47. The molecule has 2 rings (SSSR count). The fraction of sp³-hybridized carbons (Fsp3) is 0.294. The van der Waals surface area contributed by atoms with Crippen molar-refractivity contribution in [1.82, 2.24) is 15.6 Å². The monoisotopic (exact) mass is 283 g/mol. The predicted octanol–water partition coefficient (Wildman–Crippen LogP) is 3.21. The third kappa shape index (κ3) is 4.05. The average molecular weight is 283 g/mol. The summed E-state index contributed by atoms with van der Waals surface area (Å²) < 4.78 is 0. The smallest absolute Gasteiger partial charge is 0.315 e. The van der Waals surface area contributed by atoms with Crippen LogP contribution in [-0.2, 0) is 12.1 Å². The average Bonchev–Trinajstić information content (AvgIpc) is 2.54. The van der Waals surface area contributed by atoms with E-state index in [4.69, 9.17) is 0 Å². The van der Waals surface area contributed by atoms with Gasteiger partial charge in [0, 0.05) is 18.9 Å². The van der Waals surface area contributed by atoms with Crippen molar-refractivity contribution in [2.24, 2.45) is 0 Å². The second-order valence-corrected chi connectivity index (χ2v) is 5.22. The van der Waals surface area contributed by atoms with Crippen LogP contribution >= 0.6 is 0 Å². The van der Waals surface area contributed by atoms with Gasteiger partial charge in [-0.2, -0.15) is 0 Å². The number of rotatable bonds is 5. The quantitative estimate of drug-likeness (QED) is 0.885. The molecule has 2 aromatic rings. The van der Waals surface area contributed by atoms with Crippen molar-refractivity contribution in [3.63, 3.8) is 0 Å². The van der Waals surface area contributed by atoms with E-state index >= 15 is 0 Å². The van der Waals surface area contributed by atoms with E-state index in [-0.39, 0.29) is 11.6 Å². The van der Waals surface area contributed by atoms with Crippen LogP contribution < -0.4 is 10.6 Å². The highest BCUT2D eigenvalue weighted by Gasteiger charge is 2.26. The molecule has 4 heteroatoms. The van der Waals surface area contributed by atoms with Crippen LogP contribution in [0.5, 0.6) is 0 Å². The number of amides is 2. The largest absolute Gasteiger partial charge is 0.334 e. The second kappa shape index (κ2) is 6.88. The number of urea groups is 1. The van der Waals surface area contributed by atoms with Crippen LogP contribution in [0.25, 0.3) is 0 Å². The Bertz CT molecular complexity index is 571. The molecule has 0 radical (unpaired) electrons. The van der Waals surface area contributed by atoms with E-state index in [2.05, 4.69) is 22.5 Å². The van der Waals surface area contributed by atoms with Crippen LogP contribution in [0.3, 0.4) is 0 Å². The van der Waals surface area contributed by atoms with E-state index in [0.717, 1.165) is 17.5 Å². The first-order valence-electron chi connectivity index (χ1n) is 7.14. The van der Waals surface area contributed by atoms with Gasteiger partial charge in [0.05, 0.1) is 5.54 Å². The molecule has 1 atom stereocenters. The highest BCUT2D eigenvalue weighted by molar-refractivity contribution is 5.75. The molecule has 0 saturated heterocycles. The Kier molecular flexibility index (Phi) is 4.93. The van der Waals surface area contributed by atoms with Crippen molar-refractivity contribution in [3.05, 3.63) is 66.0 Å². The molecule has 1 heterocycles. The molecule has 1 aromatic heterocycles. The SMILES string of the molecule is CCC(C)(NC(=O)NCc1cccnc1)c1ccccc1. The maximum Gasteiger partial charge on any atom is 0.315 e. The van der Waals surface area contributed by atoms with E-state index in [1.54, 1.807) is 12.4 Å². The first-order chi connectivity index (χ1) is 10.1. The van der Waals surface area contributed by atoms with Crippen LogP contribution in [0.2, 0.25) is 0 Å². The summed E-state index contributed by atoms with van der Waals surface area (Å²) in [6.07, 6.45) is 4.28. The zero-order chi connectivity index (χ0) is 15.1. The van der Waals surface area contributed by atoms with E-state index in [1.165, 1.54) is 0 Å². The summed E-state index contributed by atoms with van der Waals surface area (Å²) in [4.78, 5) is 16.2. The van der Waals surface area contributed by atoms with Gasteiger partial charge in [-0.3, -0.25) is 4.98 Å². The molecule has 0 aliphatic rings. The maximum atomic E-state index is 12.1. The van der Waals surface area contributed by atoms with E-state index in [1.807, 2.05) is 49.4 Å². The molecule has 1 aromatic carbocycles. The minimum absolute atomic E-state index is 0.174. The number of nitrogens with one attached hydrogen (secondary N) is 2. The van der Waals surface area contributed by atoms with E-state index < -0.39 is 0 Å². The molecule has 4 nitrogen and oxygen atoms in total. The van der Waals surface area contributed by atoms with Gasteiger partial charge in [0.2, 0.25) is 0 Å². The molecule has 0 aliphatic carbocycles. The van der Waals surface area contributed by atoms with Gasteiger partial charge in [0.1, 0.15) is 0 Å². The fourth-order valence-electron chi connectivity index (χ4n) is 2.15. The molecular weight excluding hydrogens is 262 g/mol. The summed E-state index contributed by atoms with van der Waals surface area (Å²) in [5, 5.41) is 5.93. The lowest BCUT2D eigenvalue weighted by molar-refractivity contribution is 0.225. The lowest BCUT2D eigenvalue weighted by Gasteiger charge is -2.30. The van der Waals surface area contributed by atoms with Crippen LogP contribution in [0.4, 0.5) is 4.79 Å². The molecule has 0 fully saturated rings. The molecule has 2 amide bonds. The summed E-state index contributed by atoms with van der Waals surface area (Å²) >= 11 is 0. The Morgan fingerprint density at radius 3 is 2.57 bits per heavy atom. The van der Waals surface area contributed by atoms with Crippen LogP contribution in [0.15, 0.2) is 54.9 Å². The van der Waals surface area contributed by atoms with Crippen molar-refractivity contribution in [2.45, 2.75) is 32.4 Å². The summed E-state index contributed by atoms with van der Waals surface area (Å²) in [6, 6.07) is 13.6. The van der Waals surface area contributed by atoms with Crippen molar-refractivity contribution < 1.29 is 4.79 Å². The highest BCUT2D eigenvalue weighted by Crippen LogP contribution is 2.23. The number of hydrogen-bond acceptors (Lipinski definition) is 2. The molecule has 0 saturated carbocycles. The maximum absolute atomic E-state index is 12.1. The van der Waals surface area contributed by atoms with Gasteiger partial charge >= 0.3 is 6.03 Å². The lowest BCUT2D eigenvalue weighted by atomic mass is 9.89. The predicted molar refractivity (Wildman–Crippen MR) is 83.7 cm³/mol. The molecule has 0 bridgehead atoms. The van der Waals surface area contributed by atoms with Crippen molar-refractivity contribution >= 4 is 6.03 Å². The fourth-order valence-corrected chi connectivity index (χ4v) is 2.15. The summed E-state index contributed by atoms with van der Waals surface area (Å²) in [7, 11) is 0. The normalized spacial score (nSPS) is 13.2. The number of nitrogens with zero attached hydrogens (tertiary/aromatic N) is 1. The number of hydrogen-bond donors (Lipinski definition) is 2. The van der Waals surface area contributed by atoms with Crippen LogP contribution in [-0.4, -0.2) is 11.0 Å². The van der Waals surface area contributed by atoms with Crippen molar-refractivity contribution in [1.29, 1.82) is 0 Å². The number of aromatic nitrogens is 1. The van der Waals surface area contributed by atoms with E-state index in [0.29, 0.717) is 6.54 Å². The molecule has 1 unspecified atom stereocenters. The first kappa shape index (κ1) is 15.0. The minimum atomic E-state index is -0.375. The molecular formula is C17H21N3O. The minimum Gasteiger partial charge on any atom is -0.334 e. The topological polar surface area (TPSA) is 54.0 Å². The van der Waals surface area contributed by atoms with Crippen LogP contribution in [0, 0.1) is 0 Å². The Balaban J connectivity index is 1.97. The summed E-state index contributed by atoms with van der Waals surface area (Å²) in [6.45, 7) is 4.56. The van der Waals surface area contributed by atoms with Gasteiger partial charge in [-0.05, 0) is 30.5 Å². The molecule has 0 spiro atoms. The van der Waals surface area contributed by atoms with Gasteiger partial charge in [-0.1, -0.05) is 43.3 Å². The van der Waals surface area contributed by atoms with Gasteiger partial charge in [0.15, 0.2) is 0 Å². The zero-order valence-corrected chi connectivity index (χ0v) is 12.5. The highest BCUT2D eigenvalue weighted by atomic mass is 16.2. The second-order valence-electron chi connectivity index (χ2n) is 5.22. The molecule has 0 aliphatic heterocycles. The van der Waals surface area contributed by atoms with E-state index in [9.17, 15) is 4.79 Å². The van der Waals surface area contributed by atoms with Gasteiger partial charge in [-0.15, -0.1) is 0 Å². The Labute approximate surface area is 125 Å². The van der Waals surface area contributed by atoms with Gasteiger partial charge in [0.25, 0.3) is 0 Å². The third-order valence-electron chi connectivity index (χ3n) is 3.68. The number of benzene rings is 1. The van der Waals surface area contributed by atoms with Crippen molar-refractivity contribution in [2.75, 3.05) is 0 Å². The third-order valence-corrected chi connectivity index (χ3v) is 3.68. The molecule has 21 heavy (non-hydrogen) atoms. The van der Waals surface area contributed by atoms with Crippen molar-refractivity contribution in [3.8, 4) is 0 Å².